The second kappa shape index (κ2) is 5.15. The highest BCUT2D eigenvalue weighted by atomic mass is 16.3. The Bertz CT molecular complexity index is 251. The topological polar surface area (TPSA) is 66.6 Å². The van der Waals surface area contributed by atoms with E-state index < -0.39 is 11.6 Å². The third-order valence-electron chi connectivity index (χ3n) is 3.38. The summed E-state index contributed by atoms with van der Waals surface area (Å²) in [7, 11) is 0. The summed E-state index contributed by atoms with van der Waals surface area (Å²) >= 11 is 0. The summed E-state index contributed by atoms with van der Waals surface area (Å²) in [6, 6.07) is -0.414. The molecule has 2 atom stereocenters. The molecule has 1 heterocycles. The molecular weight excluding hydrogens is 204 g/mol. The first kappa shape index (κ1) is 13.5. The van der Waals surface area contributed by atoms with E-state index in [4.69, 9.17) is 5.73 Å². The lowest BCUT2D eigenvalue weighted by Crippen LogP contribution is -2.47. The van der Waals surface area contributed by atoms with Gasteiger partial charge in [0.15, 0.2) is 0 Å². The van der Waals surface area contributed by atoms with E-state index in [1.54, 1.807) is 4.90 Å². The molecule has 1 rings (SSSR count). The third kappa shape index (κ3) is 3.46. The SMILES string of the molecule is CC(C)C(N)C(=O)N1CCCC(C)(O)CC1. The zero-order valence-corrected chi connectivity index (χ0v) is 10.6. The fraction of sp³-hybridized carbons (Fsp3) is 0.917. The predicted molar refractivity (Wildman–Crippen MR) is 63.9 cm³/mol. The number of nitrogens with zero attached hydrogens (tertiary/aromatic N) is 1. The Balaban J connectivity index is 2.58. The smallest absolute Gasteiger partial charge is 0.239 e. The summed E-state index contributed by atoms with van der Waals surface area (Å²) in [6.07, 6.45) is 2.25. The molecule has 3 N–H and O–H groups in total. The Morgan fingerprint density at radius 3 is 2.56 bits per heavy atom. The van der Waals surface area contributed by atoms with Gasteiger partial charge in [0.2, 0.25) is 5.91 Å². The molecule has 0 spiro atoms. The van der Waals surface area contributed by atoms with E-state index >= 15 is 0 Å². The van der Waals surface area contributed by atoms with Crippen molar-refractivity contribution in [1.82, 2.24) is 4.90 Å². The molecule has 1 fully saturated rings. The summed E-state index contributed by atoms with van der Waals surface area (Å²) in [4.78, 5) is 13.8. The summed E-state index contributed by atoms with van der Waals surface area (Å²) in [6.45, 7) is 7.08. The van der Waals surface area contributed by atoms with Crippen LogP contribution in [-0.4, -0.2) is 40.6 Å². The highest BCUT2D eigenvalue weighted by Crippen LogP contribution is 2.22. The lowest BCUT2D eigenvalue weighted by Gasteiger charge is -2.26. The maximum Gasteiger partial charge on any atom is 0.239 e. The Morgan fingerprint density at radius 2 is 2.00 bits per heavy atom. The lowest BCUT2D eigenvalue weighted by molar-refractivity contribution is -0.133. The number of hydrogen-bond acceptors (Lipinski definition) is 3. The van der Waals surface area contributed by atoms with E-state index in [1.807, 2.05) is 20.8 Å². The van der Waals surface area contributed by atoms with Gasteiger partial charge < -0.3 is 15.7 Å². The van der Waals surface area contributed by atoms with Crippen LogP contribution >= 0.6 is 0 Å². The monoisotopic (exact) mass is 228 g/mol. The van der Waals surface area contributed by atoms with E-state index in [0.29, 0.717) is 13.0 Å². The van der Waals surface area contributed by atoms with Crippen LogP contribution in [0.1, 0.15) is 40.0 Å². The van der Waals surface area contributed by atoms with Crippen molar-refractivity contribution in [3.8, 4) is 0 Å². The van der Waals surface area contributed by atoms with Gasteiger partial charge in [0.1, 0.15) is 0 Å². The highest BCUT2D eigenvalue weighted by molar-refractivity contribution is 5.81. The summed E-state index contributed by atoms with van der Waals surface area (Å²) in [5.41, 5.74) is 5.23. The molecule has 16 heavy (non-hydrogen) atoms. The molecule has 94 valence electrons. The van der Waals surface area contributed by atoms with Crippen molar-refractivity contribution in [2.24, 2.45) is 11.7 Å². The maximum atomic E-state index is 12.0. The van der Waals surface area contributed by atoms with Crippen LogP contribution in [0.25, 0.3) is 0 Å². The van der Waals surface area contributed by atoms with Gasteiger partial charge >= 0.3 is 0 Å². The second-order valence-electron chi connectivity index (χ2n) is 5.45. The molecule has 1 saturated heterocycles. The van der Waals surface area contributed by atoms with Crippen LogP contribution in [0.5, 0.6) is 0 Å². The van der Waals surface area contributed by atoms with E-state index in [-0.39, 0.29) is 11.8 Å². The first-order valence-corrected chi connectivity index (χ1v) is 6.10. The molecule has 4 nitrogen and oxygen atoms in total. The normalized spacial score (nSPS) is 29.0. The van der Waals surface area contributed by atoms with E-state index in [0.717, 1.165) is 19.4 Å². The van der Waals surface area contributed by atoms with Gasteiger partial charge in [0.25, 0.3) is 0 Å². The zero-order chi connectivity index (χ0) is 12.3. The molecule has 4 heteroatoms. The minimum Gasteiger partial charge on any atom is -0.390 e. The van der Waals surface area contributed by atoms with Crippen molar-refractivity contribution in [3.05, 3.63) is 0 Å². The maximum absolute atomic E-state index is 12.0. The summed E-state index contributed by atoms with van der Waals surface area (Å²) < 4.78 is 0. The minimum atomic E-state index is -0.628. The number of hydrogen-bond donors (Lipinski definition) is 2. The van der Waals surface area contributed by atoms with Gasteiger partial charge in [-0.2, -0.15) is 0 Å². The fourth-order valence-electron chi connectivity index (χ4n) is 1.98. The van der Waals surface area contributed by atoms with Crippen LogP contribution < -0.4 is 5.73 Å². The standard InChI is InChI=1S/C12H24N2O2/c1-9(2)10(13)11(15)14-7-4-5-12(3,16)6-8-14/h9-10,16H,4-8,13H2,1-3H3. The van der Waals surface area contributed by atoms with Crippen molar-refractivity contribution in [2.45, 2.75) is 51.7 Å². The Morgan fingerprint density at radius 1 is 1.38 bits per heavy atom. The van der Waals surface area contributed by atoms with Crippen LogP contribution in [0.3, 0.4) is 0 Å². The van der Waals surface area contributed by atoms with Gasteiger partial charge in [-0.15, -0.1) is 0 Å². The Labute approximate surface area is 97.8 Å². The van der Waals surface area contributed by atoms with Crippen molar-refractivity contribution in [3.63, 3.8) is 0 Å². The molecule has 0 aromatic carbocycles. The first-order valence-electron chi connectivity index (χ1n) is 6.10. The number of carbonyl (C=O) groups is 1. The number of rotatable bonds is 2. The number of nitrogens with two attached hydrogens (primary N) is 1. The zero-order valence-electron chi connectivity index (χ0n) is 10.6. The van der Waals surface area contributed by atoms with Gasteiger partial charge in [-0.05, 0) is 32.1 Å². The number of aliphatic hydroxyl groups is 1. The number of carbonyl (C=O) groups excluding carboxylic acids is 1. The molecule has 0 aromatic heterocycles. The van der Waals surface area contributed by atoms with Crippen molar-refractivity contribution >= 4 is 5.91 Å². The van der Waals surface area contributed by atoms with Gasteiger partial charge in [-0.25, -0.2) is 0 Å². The van der Waals surface area contributed by atoms with E-state index in [9.17, 15) is 9.90 Å². The quantitative estimate of drug-likeness (QED) is 0.732. The second-order valence-corrected chi connectivity index (χ2v) is 5.45. The molecule has 1 aliphatic rings. The number of likely N-dealkylation sites (tertiary alicyclic amines) is 1. The molecule has 1 amide bonds. The third-order valence-corrected chi connectivity index (χ3v) is 3.38. The molecule has 0 radical (unpaired) electrons. The number of amides is 1. The average Bonchev–Trinajstić information content (AvgIpc) is 2.37. The van der Waals surface area contributed by atoms with Gasteiger partial charge in [-0.3, -0.25) is 4.79 Å². The molecule has 2 unspecified atom stereocenters. The van der Waals surface area contributed by atoms with E-state index in [2.05, 4.69) is 0 Å². The van der Waals surface area contributed by atoms with Crippen molar-refractivity contribution in [2.75, 3.05) is 13.1 Å². The van der Waals surface area contributed by atoms with Crippen molar-refractivity contribution < 1.29 is 9.90 Å². The fourth-order valence-corrected chi connectivity index (χ4v) is 1.98. The minimum absolute atomic E-state index is 0.0210. The van der Waals surface area contributed by atoms with Crippen LogP contribution in [0.2, 0.25) is 0 Å². The first-order chi connectivity index (χ1) is 7.33. The molecule has 0 aromatic rings. The van der Waals surface area contributed by atoms with Crippen LogP contribution in [0, 0.1) is 5.92 Å². The van der Waals surface area contributed by atoms with E-state index in [1.165, 1.54) is 0 Å². The highest BCUT2D eigenvalue weighted by Gasteiger charge is 2.29. The summed E-state index contributed by atoms with van der Waals surface area (Å²) in [5, 5.41) is 9.93. The van der Waals surface area contributed by atoms with Crippen LogP contribution in [0.15, 0.2) is 0 Å². The Kier molecular flexibility index (Phi) is 4.33. The van der Waals surface area contributed by atoms with Gasteiger partial charge in [0, 0.05) is 13.1 Å². The molecule has 0 saturated carbocycles. The largest absolute Gasteiger partial charge is 0.390 e. The summed E-state index contributed by atoms with van der Waals surface area (Å²) in [5.74, 6) is 0.184. The van der Waals surface area contributed by atoms with Crippen LogP contribution in [0.4, 0.5) is 0 Å². The molecule has 1 aliphatic heterocycles. The average molecular weight is 228 g/mol. The van der Waals surface area contributed by atoms with Crippen molar-refractivity contribution in [1.29, 1.82) is 0 Å². The molecule has 0 aliphatic carbocycles. The lowest BCUT2D eigenvalue weighted by atomic mass is 9.98. The predicted octanol–water partition coefficient (Wildman–Crippen LogP) is 0.733. The molecule has 0 bridgehead atoms. The van der Waals surface area contributed by atoms with Gasteiger partial charge in [0.05, 0.1) is 11.6 Å². The molecular formula is C12H24N2O2. The Hall–Kier alpha value is -0.610. The van der Waals surface area contributed by atoms with Crippen LogP contribution in [-0.2, 0) is 4.79 Å². The van der Waals surface area contributed by atoms with Gasteiger partial charge in [-0.1, -0.05) is 13.8 Å².